The maximum atomic E-state index is 11.9. The van der Waals surface area contributed by atoms with Gasteiger partial charge in [-0.2, -0.15) is 0 Å². The second-order valence-electron chi connectivity index (χ2n) is 4.97. The van der Waals surface area contributed by atoms with Gasteiger partial charge >= 0.3 is 0 Å². The van der Waals surface area contributed by atoms with Crippen LogP contribution in [0, 0.1) is 0 Å². The number of hydrogen-bond donors (Lipinski definition) is 2. The highest BCUT2D eigenvalue weighted by molar-refractivity contribution is 5.87. The lowest BCUT2D eigenvalue weighted by molar-refractivity contribution is -0.132. The van der Waals surface area contributed by atoms with Crippen molar-refractivity contribution in [1.29, 1.82) is 0 Å². The predicted octanol–water partition coefficient (Wildman–Crippen LogP) is -0.0918. The van der Waals surface area contributed by atoms with Gasteiger partial charge in [0, 0.05) is 26.0 Å². The van der Waals surface area contributed by atoms with Gasteiger partial charge in [0.25, 0.3) is 0 Å². The summed E-state index contributed by atoms with van der Waals surface area (Å²) in [5, 5.41) is 5.79. The fraction of sp³-hybridized carbons (Fsp3) is 0.500. The van der Waals surface area contributed by atoms with Crippen LogP contribution in [0.25, 0.3) is 0 Å². The molecule has 1 aliphatic rings. The molecule has 0 bridgehead atoms. The molecule has 108 valence electrons. The van der Waals surface area contributed by atoms with Crippen LogP contribution in [0.4, 0.5) is 0 Å². The minimum atomic E-state index is -0.145. The van der Waals surface area contributed by atoms with E-state index in [2.05, 4.69) is 15.6 Å². The van der Waals surface area contributed by atoms with Crippen molar-refractivity contribution in [3.8, 4) is 0 Å². The van der Waals surface area contributed by atoms with Gasteiger partial charge in [-0.25, -0.2) is 0 Å². The van der Waals surface area contributed by atoms with Crippen LogP contribution in [-0.4, -0.2) is 47.9 Å². The molecule has 1 atom stereocenters. The topological polar surface area (TPSA) is 74.3 Å². The third kappa shape index (κ3) is 4.03. The van der Waals surface area contributed by atoms with Gasteiger partial charge in [0.05, 0.1) is 12.6 Å². The minimum Gasteiger partial charge on any atom is -0.346 e. The Kier molecular flexibility index (Phi) is 5.06. The van der Waals surface area contributed by atoms with Crippen LogP contribution in [0.3, 0.4) is 0 Å². The first-order valence-electron chi connectivity index (χ1n) is 6.81. The van der Waals surface area contributed by atoms with Crippen molar-refractivity contribution in [2.24, 2.45) is 0 Å². The summed E-state index contributed by atoms with van der Waals surface area (Å²) in [7, 11) is 1.72. The first-order chi connectivity index (χ1) is 9.66. The standard InChI is InChI=1S/C14H20N4O2/c1-18(10-11-4-7-15-8-5-11)13(19)9-17-14(20)12-3-2-6-16-12/h4-5,7-8,12,16H,2-3,6,9-10H2,1H3,(H,17,20). The largest absolute Gasteiger partial charge is 0.346 e. The van der Waals surface area contributed by atoms with E-state index in [-0.39, 0.29) is 24.4 Å². The van der Waals surface area contributed by atoms with E-state index in [1.165, 1.54) is 0 Å². The van der Waals surface area contributed by atoms with Crippen LogP contribution in [0.1, 0.15) is 18.4 Å². The molecule has 1 fully saturated rings. The number of nitrogens with zero attached hydrogens (tertiary/aromatic N) is 2. The third-order valence-corrected chi connectivity index (χ3v) is 3.39. The minimum absolute atomic E-state index is 0.0403. The summed E-state index contributed by atoms with van der Waals surface area (Å²) in [4.78, 5) is 29.2. The third-order valence-electron chi connectivity index (χ3n) is 3.39. The fourth-order valence-electron chi connectivity index (χ4n) is 2.18. The number of aromatic nitrogens is 1. The average molecular weight is 276 g/mol. The molecular formula is C14H20N4O2. The highest BCUT2D eigenvalue weighted by Gasteiger charge is 2.22. The number of amides is 2. The van der Waals surface area contributed by atoms with E-state index >= 15 is 0 Å². The zero-order valence-electron chi connectivity index (χ0n) is 11.6. The lowest BCUT2D eigenvalue weighted by Crippen LogP contribution is -2.44. The Morgan fingerprint density at radius 3 is 2.85 bits per heavy atom. The van der Waals surface area contributed by atoms with Crippen molar-refractivity contribution in [3.05, 3.63) is 30.1 Å². The summed E-state index contributed by atoms with van der Waals surface area (Å²) in [6.45, 7) is 1.42. The molecule has 6 nitrogen and oxygen atoms in total. The van der Waals surface area contributed by atoms with Gasteiger partial charge in [-0.05, 0) is 37.1 Å². The Bertz CT molecular complexity index is 458. The van der Waals surface area contributed by atoms with E-state index in [1.54, 1.807) is 24.3 Å². The number of likely N-dealkylation sites (N-methyl/N-ethyl adjacent to an activating group) is 1. The summed E-state index contributed by atoms with van der Waals surface area (Å²) < 4.78 is 0. The molecule has 1 saturated heterocycles. The molecule has 2 rings (SSSR count). The first kappa shape index (κ1) is 14.5. The Morgan fingerprint density at radius 2 is 2.20 bits per heavy atom. The van der Waals surface area contributed by atoms with E-state index < -0.39 is 0 Å². The van der Waals surface area contributed by atoms with Crippen LogP contribution in [0.5, 0.6) is 0 Å². The van der Waals surface area contributed by atoms with Crippen molar-refractivity contribution < 1.29 is 9.59 Å². The normalized spacial score (nSPS) is 17.8. The molecule has 0 saturated carbocycles. The van der Waals surface area contributed by atoms with Crippen molar-refractivity contribution in [1.82, 2.24) is 20.5 Å². The second-order valence-corrected chi connectivity index (χ2v) is 4.97. The van der Waals surface area contributed by atoms with Crippen molar-refractivity contribution >= 4 is 11.8 Å². The number of carbonyl (C=O) groups excluding carboxylic acids is 2. The van der Waals surface area contributed by atoms with E-state index in [1.807, 2.05) is 12.1 Å². The second kappa shape index (κ2) is 7.00. The maximum Gasteiger partial charge on any atom is 0.242 e. The summed E-state index contributed by atoms with van der Waals surface area (Å²) >= 11 is 0. The van der Waals surface area contributed by atoms with E-state index in [0.717, 1.165) is 24.9 Å². The number of pyridine rings is 1. The van der Waals surface area contributed by atoms with Gasteiger partial charge < -0.3 is 15.5 Å². The lowest BCUT2D eigenvalue weighted by Gasteiger charge is -2.18. The monoisotopic (exact) mass is 276 g/mol. The smallest absolute Gasteiger partial charge is 0.242 e. The molecule has 2 N–H and O–H groups in total. The van der Waals surface area contributed by atoms with Gasteiger partial charge in [-0.15, -0.1) is 0 Å². The van der Waals surface area contributed by atoms with Gasteiger partial charge in [-0.3, -0.25) is 14.6 Å². The molecule has 1 aromatic heterocycles. The summed E-state index contributed by atoms with van der Waals surface area (Å²) in [6, 6.07) is 3.59. The van der Waals surface area contributed by atoms with Gasteiger partial charge in [0.2, 0.25) is 11.8 Å². The van der Waals surface area contributed by atoms with Crippen LogP contribution < -0.4 is 10.6 Å². The molecule has 1 aromatic rings. The first-order valence-corrected chi connectivity index (χ1v) is 6.81. The Hall–Kier alpha value is -1.95. The fourth-order valence-corrected chi connectivity index (χ4v) is 2.18. The molecule has 1 unspecified atom stereocenters. The summed E-state index contributed by atoms with van der Waals surface area (Å²) in [6.07, 6.45) is 5.24. The summed E-state index contributed by atoms with van der Waals surface area (Å²) in [5.74, 6) is -0.193. The van der Waals surface area contributed by atoms with E-state index in [0.29, 0.717) is 6.54 Å². The highest BCUT2D eigenvalue weighted by Crippen LogP contribution is 2.04. The molecule has 0 aromatic carbocycles. The zero-order chi connectivity index (χ0) is 14.4. The number of carbonyl (C=O) groups is 2. The molecule has 20 heavy (non-hydrogen) atoms. The maximum absolute atomic E-state index is 11.9. The number of nitrogens with one attached hydrogen (secondary N) is 2. The molecule has 0 radical (unpaired) electrons. The van der Waals surface area contributed by atoms with Gasteiger partial charge in [-0.1, -0.05) is 0 Å². The predicted molar refractivity (Wildman–Crippen MR) is 74.7 cm³/mol. The van der Waals surface area contributed by atoms with Crippen molar-refractivity contribution in [3.63, 3.8) is 0 Å². The molecule has 2 amide bonds. The Morgan fingerprint density at radius 1 is 1.45 bits per heavy atom. The van der Waals surface area contributed by atoms with Crippen molar-refractivity contribution in [2.45, 2.75) is 25.4 Å². The van der Waals surface area contributed by atoms with Crippen LogP contribution >= 0.6 is 0 Å². The molecule has 0 aliphatic carbocycles. The quantitative estimate of drug-likeness (QED) is 0.788. The highest BCUT2D eigenvalue weighted by atomic mass is 16.2. The molecular weight excluding hydrogens is 256 g/mol. The Labute approximate surface area is 118 Å². The van der Waals surface area contributed by atoms with Crippen LogP contribution in [-0.2, 0) is 16.1 Å². The van der Waals surface area contributed by atoms with E-state index in [4.69, 9.17) is 0 Å². The van der Waals surface area contributed by atoms with Crippen LogP contribution in [0.2, 0.25) is 0 Å². The Balaban J connectivity index is 1.75. The van der Waals surface area contributed by atoms with Crippen molar-refractivity contribution in [2.75, 3.05) is 20.1 Å². The number of hydrogen-bond acceptors (Lipinski definition) is 4. The summed E-state index contributed by atoms with van der Waals surface area (Å²) in [5.41, 5.74) is 1.01. The average Bonchev–Trinajstić information content (AvgIpc) is 2.99. The van der Waals surface area contributed by atoms with Gasteiger partial charge in [0.1, 0.15) is 0 Å². The SMILES string of the molecule is CN(Cc1ccncc1)C(=O)CNC(=O)C1CCCN1. The molecule has 2 heterocycles. The van der Waals surface area contributed by atoms with E-state index in [9.17, 15) is 9.59 Å². The molecule has 0 spiro atoms. The lowest BCUT2D eigenvalue weighted by atomic mass is 10.2. The zero-order valence-corrected chi connectivity index (χ0v) is 11.6. The molecule has 1 aliphatic heterocycles. The van der Waals surface area contributed by atoms with Gasteiger partial charge in [0.15, 0.2) is 0 Å². The molecule has 6 heteroatoms. The number of rotatable bonds is 5. The van der Waals surface area contributed by atoms with Crippen LogP contribution in [0.15, 0.2) is 24.5 Å².